The average Bonchev–Trinajstić information content (AvgIpc) is 2.73. The van der Waals surface area contributed by atoms with Crippen LogP contribution in [0, 0.1) is 0 Å². The molecule has 22 heavy (non-hydrogen) atoms. The molecule has 0 radical (unpaired) electrons. The quantitative estimate of drug-likeness (QED) is 0.828. The molecule has 1 aromatic carbocycles. The standard InChI is InChI=1S/C14H14ClN3O4/c1-17-12(19)7-18(14(17)21)16-13(20)9-4-5-22-11-3-2-8(15)6-10(9)11/h2-3,6,9H,4-5,7H2,1H3,(H,16,20). The van der Waals surface area contributed by atoms with Crippen LogP contribution in [0.25, 0.3) is 0 Å². The highest BCUT2D eigenvalue weighted by Crippen LogP contribution is 2.35. The number of carbonyl (C=O) groups is 3. The van der Waals surface area contributed by atoms with Gasteiger partial charge in [0.25, 0.3) is 5.91 Å². The zero-order chi connectivity index (χ0) is 15.9. The number of likely N-dealkylation sites (N-methyl/N-ethyl adjacent to an activating group) is 1. The van der Waals surface area contributed by atoms with Gasteiger partial charge in [-0.3, -0.25) is 19.9 Å². The smallest absolute Gasteiger partial charge is 0.345 e. The van der Waals surface area contributed by atoms with E-state index in [1.165, 1.54) is 7.05 Å². The Bertz CT molecular complexity index is 663. The Morgan fingerprint density at radius 1 is 1.41 bits per heavy atom. The third-order valence-electron chi connectivity index (χ3n) is 3.76. The fraction of sp³-hybridized carbons (Fsp3) is 0.357. The molecule has 0 bridgehead atoms. The lowest BCUT2D eigenvalue weighted by atomic mass is 9.92. The van der Waals surface area contributed by atoms with Crippen LogP contribution in [0.2, 0.25) is 5.02 Å². The van der Waals surface area contributed by atoms with Gasteiger partial charge in [-0.15, -0.1) is 0 Å². The number of rotatable bonds is 2. The predicted octanol–water partition coefficient (Wildman–Crippen LogP) is 1.13. The maximum atomic E-state index is 12.5. The maximum Gasteiger partial charge on any atom is 0.345 e. The van der Waals surface area contributed by atoms with E-state index in [9.17, 15) is 14.4 Å². The summed E-state index contributed by atoms with van der Waals surface area (Å²) >= 11 is 5.98. The number of hydrogen-bond donors (Lipinski definition) is 1. The topological polar surface area (TPSA) is 79.0 Å². The molecule has 4 amide bonds. The third kappa shape index (κ3) is 2.48. The van der Waals surface area contributed by atoms with Crippen molar-refractivity contribution in [3.8, 4) is 5.75 Å². The first-order chi connectivity index (χ1) is 10.5. The lowest BCUT2D eigenvalue weighted by molar-refractivity contribution is -0.127. The Balaban J connectivity index is 1.78. The summed E-state index contributed by atoms with van der Waals surface area (Å²) < 4.78 is 5.50. The van der Waals surface area contributed by atoms with Crippen LogP contribution in [-0.4, -0.2) is 48.0 Å². The Morgan fingerprint density at radius 3 is 2.86 bits per heavy atom. The molecular formula is C14H14ClN3O4. The van der Waals surface area contributed by atoms with Crippen LogP contribution in [0.1, 0.15) is 17.9 Å². The molecule has 8 heteroatoms. The van der Waals surface area contributed by atoms with Gasteiger partial charge in [0.1, 0.15) is 12.3 Å². The van der Waals surface area contributed by atoms with Crippen LogP contribution in [0.15, 0.2) is 18.2 Å². The Morgan fingerprint density at radius 2 is 2.18 bits per heavy atom. The molecule has 1 atom stereocenters. The molecule has 2 heterocycles. The van der Waals surface area contributed by atoms with Gasteiger partial charge in [0.05, 0.1) is 12.5 Å². The van der Waals surface area contributed by atoms with Crippen molar-refractivity contribution in [3.05, 3.63) is 28.8 Å². The second-order valence-corrected chi connectivity index (χ2v) is 5.61. The zero-order valence-electron chi connectivity index (χ0n) is 11.8. The van der Waals surface area contributed by atoms with Gasteiger partial charge in [-0.1, -0.05) is 11.6 Å². The number of fused-ring (bicyclic) bond motifs is 1. The molecule has 116 valence electrons. The SMILES string of the molecule is CN1C(=O)CN(NC(=O)C2CCOc3ccc(Cl)cc32)C1=O. The van der Waals surface area contributed by atoms with E-state index < -0.39 is 11.9 Å². The number of hydrazine groups is 1. The molecule has 1 fully saturated rings. The molecule has 1 unspecified atom stereocenters. The maximum absolute atomic E-state index is 12.5. The number of nitrogens with one attached hydrogen (secondary N) is 1. The number of amides is 4. The molecule has 1 saturated heterocycles. The van der Waals surface area contributed by atoms with Gasteiger partial charge in [-0.2, -0.15) is 0 Å². The summed E-state index contributed by atoms with van der Waals surface area (Å²) in [4.78, 5) is 36.7. The summed E-state index contributed by atoms with van der Waals surface area (Å²) in [5.74, 6) is -0.586. The minimum atomic E-state index is -0.545. The van der Waals surface area contributed by atoms with Crippen molar-refractivity contribution < 1.29 is 19.1 Å². The highest BCUT2D eigenvalue weighted by molar-refractivity contribution is 6.30. The first-order valence-corrected chi connectivity index (χ1v) is 7.16. The van der Waals surface area contributed by atoms with Gasteiger partial charge in [-0.05, 0) is 24.6 Å². The van der Waals surface area contributed by atoms with Gasteiger partial charge in [0.2, 0.25) is 5.91 Å². The third-order valence-corrected chi connectivity index (χ3v) is 3.99. The van der Waals surface area contributed by atoms with Crippen molar-refractivity contribution in [2.45, 2.75) is 12.3 Å². The molecule has 2 aliphatic heterocycles. The number of imide groups is 1. The number of urea groups is 1. The van der Waals surface area contributed by atoms with Gasteiger partial charge in [0, 0.05) is 17.6 Å². The summed E-state index contributed by atoms with van der Waals surface area (Å²) in [5, 5.41) is 1.53. The van der Waals surface area contributed by atoms with Gasteiger partial charge in [0.15, 0.2) is 0 Å². The van der Waals surface area contributed by atoms with E-state index in [2.05, 4.69) is 5.43 Å². The summed E-state index contributed by atoms with van der Waals surface area (Å²) in [7, 11) is 1.38. The molecule has 2 aliphatic rings. The van der Waals surface area contributed by atoms with Gasteiger partial charge < -0.3 is 4.74 Å². The number of carbonyl (C=O) groups excluding carboxylic acids is 3. The molecule has 1 N–H and O–H groups in total. The van der Waals surface area contributed by atoms with Crippen LogP contribution in [-0.2, 0) is 9.59 Å². The molecule has 1 aromatic rings. The van der Waals surface area contributed by atoms with E-state index in [0.29, 0.717) is 29.4 Å². The van der Waals surface area contributed by atoms with Crippen molar-refractivity contribution in [1.82, 2.24) is 15.3 Å². The lowest BCUT2D eigenvalue weighted by Crippen LogP contribution is -2.46. The van der Waals surface area contributed by atoms with Crippen LogP contribution < -0.4 is 10.2 Å². The van der Waals surface area contributed by atoms with Crippen molar-refractivity contribution in [3.63, 3.8) is 0 Å². The number of hydrogen-bond acceptors (Lipinski definition) is 4. The summed E-state index contributed by atoms with van der Waals surface area (Å²) in [6.45, 7) is 0.242. The number of ether oxygens (including phenoxy) is 1. The van der Waals surface area contributed by atoms with Crippen molar-refractivity contribution in [2.75, 3.05) is 20.2 Å². The Kier molecular flexibility index (Phi) is 3.66. The van der Waals surface area contributed by atoms with Crippen molar-refractivity contribution >= 4 is 29.4 Å². The molecule has 7 nitrogen and oxygen atoms in total. The summed E-state index contributed by atoms with van der Waals surface area (Å²) in [6, 6.07) is 4.55. The Labute approximate surface area is 131 Å². The number of benzene rings is 1. The lowest BCUT2D eigenvalue weighted by Gasteiger charge is -2.27. The largest absolute Gasteiger partial charge is 0.493 e. The van der Waals surface area contributed by atoms with Gasteiger partial charge in [-0.25, -0.2) is 9.80 Å². The second-order valence-electron chi connectivity index (χ2n) is 5.17. The van der Waals surface area contributed by atoms with Gasteiger partial charge >= 0.3 is 6.03 Å². The first-order valence-electron chi connectivity index (χ1n) is 6.78. The van der Waals surface area contributed by atoms with Crippen LogP contribution >= 0.6 is 11.6 Å². The summed E-state index contributed by atoms with van der Waals surface area (Å²) in [5.41, 5.74) is 3.19. The zero-order valence-corrected chi connectivity index (χ0v) is 12.6. The molecule has 0 aliphatic carbocycles. The van der Waals surface area contributed by atoms with E-state index in [1.807, 2.05) is 0 Å². The fourth-order valence-electron chi connectivity index (χ4n) is 2.53. The van der Waals surface area contributed by atoms with E-state index in [1.54, 1.807) is 18.2 Å². The molecule has 0 spiro atoms. The molecule has 0 saturated carbocycles. The van der Waals surface area contributed by atoms with Crippen molar-refractivity contribution in [2.24, 2.45) is 0 Å². The fourth-order valence-corrected chi connectivity index (χ4v) is 2.71. The first kappa shape index (κ1) is 14.6. The van der Waals surface area contributed by atoms with E-state index in [-0.39, 0.29) is 18.4 Å². The minimum absolute atomic E-state index is 0.160. The van der Waals surface area contributed by atoms with Crippen molar-refractivity contribution in [1.29, 1.82) is 0 Å². The highest BCUT2D eigenvalue weighted by atomic mass is 35.5. The summed E-state index contributed by atoms with van der Waals surface area (Å²) in [6.07, 6.45) is 0.477. The van der Waals surface area contributed by atoms with E-state index >= 15 is 0 Å². The number of halogens is 1. The molecule has 0 aromatic heterocycles. The normalized spacial score (nSPS) is 20.7. The molecular weight excluding hydrogens is 310 g/mol. The predicted molar refractivity (Wildman–Crippen MR) is 77.3 cm³/mol. The minimum Gasteiger partial charge on any atom is -0.493 e. The second kappa shape index (κ2) is 5.49. The highest BCUT2D eigenvalue weighted by Gasteiger charge is 2.36. The van der Waals surface area contributed by atoms with E-state index in [0.717, 1.165) is 9.91 Å². The van der Waals surface area contributed by atoms with E-state index in [4.69, 9.17) is 16.3 Å². The van der Waals surface area contributed by atoms with Crippen LogP contribution in [0.5, 0.6) is 5.75 Å². The monoisotopic (exact) mass is 323 g/mol. The molecule has 3 rings (SSSR count). The average molecular weight is 324 g/mol. The number of nitrogens with zero attached hydrogens (tertiary/aromatic N) is 2. The van der Waals surface area contributed by atoms with Crippen LogP contribution in [0.4, 0.5) is 4.79 Å². The van der Waals surface area contributed by atoms with Crippen LogP contribution in [0.3, 0.4) is 0 Å². The Hall–Kier alpha value is -2.28.